The molecule has 4 nitrogen and oxygen atoms in total. The largest absolute Gasteiger partial charge is 0.352 e. The van der Waals surface area contributed by atoms with Crippen molar-refractivity contribution in [1.29, 1.82) is 0 Å². The number of anilines is 1. The van der Waals surface area contributed by atoms with Gasteiger partial charge in [0, 0.05) is 37.4 Å². The van der Waals surface area contributed by atoms with Crippen LogP contribution in [-0.2, 0) is 0 Å². The molecule has 2 fully saturated rings. The van der Waals surface area contributed by atoms with E-state index in [1.165, 1.54) is 19.4 Å². The van der Waals surface area contributed by atoms with Crippen LogP contribution in [0.25, 0.3) is 0 Å². The molecule has 0 aliphatic carbocycles. The summed E-state index contributed by atoms with van der Waals surface area (Å²) in [6.07, 6.45) is 4.32. The van der Waals surface area contributed by atoms with Crippen LogP contribution in [0.5, 0.6) is 0 Å². The molecule has 0 aromatic carbocycles. The molecule has 3 rings (SSSR count). The molecule has 0 spiro atoms. The third-order valence-electron chi connectivity index (χ3n) is 3.76. The molecule has 2 atom stereocenters. The number of fused-ring (bicyclic) bond motifs is 1. The molecular formula is C12H18N4. The van der Waals surface area contributed by atoms with Gasteiger partial charge in [-0.05, 0) is 25.7 Å². The van der Waals surface area contributed by atoms with E-state index < -0.39 is 0 Å². The highest BCUT2D eigenvalue weighted by molar-refractivity contribution is 5.41. The van der Waals surface area contributed by atoms with Crippen molar-refractivity contribution in [2.24, 2.45) is 5.92 Å². The van der Waals surface area contributed by atoms with Crippen LogP contribution in [0.3, 0.4) is 0 Å². The van der Waals surface area contributed by atoms with E-state index in [1.807, 2.05) is 6.92 Å². The summed E-state index contributed by atoms with van der Waals surface area (Å²) in [5, 5.41) is 3.49. The first-order valence-corrected chi connectivity index (χ1v) is 6.10. The van der Waals surface area contributed by atoms with Crippen LogP contribution in [0.1, 0.15) is 18.5 Å². The fraction of sp³-hybridized carbons (Fsp3) is 0.667. The van der Waals surface area contributed by atoms with Crippen LogP contribution >= 0.6 is 0 Å². The average molecular weight is 218 g/mol. The molecule has 2 aliphatic heterocycles. The Morgan fingerprint density at radius 1 is 1.38 bits per heavy atom. The number of aromatic nitrogens is 2. The Kier molecular flexibility index (Phi) is 2.52. The van der Waals surface area contributed by atoms with E-state index >= 15 is 0 Å². The summed E-state index contributed by atoms with van der Waals surface area (Å²) in [7, 11) is 0. The van der Waals surface area contributed by atoms with Gasteiger partial charge >= 0.3 is 0 Å². The van der Waals surface area contributed by atoms with E-state index in [-0.39, 0.29) is 0 Å². The number of nitrogens with one attached hydrogen (secondary N) is 1. The SMILES string of the molecule is Cc1cc(N2CCCC3CNCC32)ncn1. The quantitative estimate of drug-likeness (QED) is 0.762. The Morgan fingerprint density at radius 3 is 3.19 bits per heavy atom. The molecule has 0 radical (unpaired) electrons. The van der Waals surface area contributed by atoms with Crippen molar-refractivity contribution < 1.29 is 0 Å². The first-order chi connectivity index (χ1) is 7.84. The second-order valence-corrected chi connectivity index (χ2v) is 4.84. The van der Waals surface area contributed by atoms with Crippen LogP contribution in [0.2, 0.25) is 0 Å². The molecule has 2 saturated heterocycles. The van der Waals surface area contributed by atoms with Crippen molar-refractivity contribution in [2.75, 3.05) is 24.5 Å². The summed E-state index contributed by atoms with van der Waals surface area (Å²) in [4.78, 5) is 11.0. The monoisotopic (exact) mass is 218 g/mol. The van der Waals surface area contributed by atoms with Gasteiger partial charge in [-0.2, -0.15) is 0 Å². The maximum atomic E-state index is 4.41. The Bertz CT molecular complexity index is 379. The van der Waals surface area contributed by atoms with Gasteiger partial charge in [-0.25, -0.2) is 9.97 Å². The second kappa shape index (κ2) is 4.01. The molecule has 2 aliphatic rings. The van der Waals surface area contributed by atoms with Gasteiger partial charge in [-0.1, -0.05) is 0 Å². The molecular weight excluding hydrogens is 200 g/mol. The van der Waals surface area contributed by atoms with Gasteiger partial charge in [0.25, 0.3) is 0 Å². The van der Waals surface area contributed by atoms with Crippen molar-refractivity contribution in [3.05, 3.63) is 18.1 Å². The first-order valence-electron chi connectivity index (χ1n) is 6.10. The summed E-state index contributed by atoms with van der Waals surface area (Å²) in [6, 6.07) is 2.74. The van der Waals surface area contributed by atoms with Crippen LogP contribution < -0.4 is 10.2 Å². The van der Waals surface area contributed by atoms with Crippen LogP contribution in [0.4, 0.5) is 5.82 Å². The summed E-state index contributed by atoms with van der Waals surface area (Å²) < 4.78 is 0. The lowest BCUT2D eigenvalue weighted by Crippen LogP contribution is -2.45. The number of hydrogen-bond acceptors (Lipinski definition) is 4. The van der Waals surface area contributed by atoms with Crippen LogP contribution in [0, 0.1) is 12.8 Å². The van der Waals surface area contributed by atoms with E-state index in [2.05, 4.69) is 26.3 Å². The summed E-state index contributed by atoms with van der Waals surface area (Å²) in [5.41, 5.74) is 1.05. The van der Waals surface area contributed by atoms with E-state index in [9.17, 15) is 0 Å². The minimum Gasteiger partial charge on any atom is -0.352 e. The van der Waals surface area contributed by atoms with Crippen molar-refractivity contribution >= 4 is 5.82 Å². The Balaban J connectivity index is 1.88. The van der Waals surface area contributed by atoms with Gasteiger partial charge in [0.15, 0.2) is 0 Å². The van der Waals surface area contributed by atoms with Crippen molar-refractivity contribution in [3.63, 3.8) is 0 Å². The number of nitrogens with zero attached hydrogens (tertiary/aromatic N) is 3. The maximum Gasteiger partial charge on any atom is 0.132 e. The molecule has 16 heavy (non-hydrogen) atoms. The number of rotatable bonds is 1. The molecule has 3 heterocycles. The molecule has 1 N–H and O–H groups in total. The van der Waals surface area contributed by atoms with E-state index in [1.54, 1.807) is 6.33 Å². The summed E-state index contributed by atoms with van der Waals surface area (Å²) in [5.74, 6) is 1.91. The lowest BCUT2D eigenvalue weighted by Gasteiger charge is -2.37. The van der Waals surface area contributed by atoms with Crippen molar-refractivity contribution in [1.82, 2.24) is 15.3 Å². The van der Waals surface area contributed by atoms with Gasteiger partial charge in [0.2, 0.25) is 0 Å². The molecule has 4 heteroatoms. The fourth-order valence-electron chi connectivity index (χ4n) is 2.95. The van der Waals surface area contributed by atoms with Gasteiger partial charge in [-0.15, -0.1) is 0 Å². The number of piperidine rings is 1. The van der Waals surface area contributed by atoms with Crippen molar-refractivity contribution in [2.45, 2.75) is 25.8 Å². The zero-order chi connectivity index (χ0) is 11.0. The summed E-state index contributed by atoms with van der Waals surface area (Å²) in [6.45, 7) is 5.44. The minimum atomic E-state index is 0.642. The predicted molar refractivity (Wildman–Crippen MR) is 63.5 cm³/mol. The highest BCUT2D eigenvalue weighted by atomic mass is 15.3. The van der Waals surface area contributed by atoms with Gasteiger partial charge in [0.05, 0.1) is 0 Å². The predicted octanol–water partition coefficient (Wildman–Crippen LogP) is 0.973. The topological polar surface area (TPSA) is 41.0 Å². The third-order valence-corrected chi connectivity index (χ3v) is 3.76. The van der Waals surface area contributed by atoms with Crippen LogP contribution in [0.15, 0.2) is 12.4 Å². The number of hydrogen-bond donors (Lipinski definition) is 1. The smallest absolute Gasteiger partial charge is 0.132 e. The van der Waals surface area contributed by atoms with Gasteiger partial charge in [-0.3, -0.25) is 0 Å². The zero-order valence-electron chi connectivity index (χ0n) is 9.69. The zero-order valence-corrected chi connectivity index (χ0v) is 9.69. The highest BCUT2D eigenvalue weighted by Crippen LogP contribution is 2.29. The van der Waals surface area contributed by atoms with Crippen molar-refractivity contribution in [3.8, 4) is 0 Å². The summed E-state index contributed by atoms with van der Waals surface area (Å²) >= 11 is 0. The molecule has 2 unspecified atom stereocenters. The lowest BCUT2D eigenvalue weighted by molar-refractivity contribution is 0.383. The fourth-order valence-corrected chi connectivity index (χ4v) is 2.95. The maximum absolute atomic E-state index is 4.41. The molecule has 86 valence electrons. The Hall–Kier alpha value is -1.16. The average Bonchev–Trinajstić information content (AvgIpc) is 2.76. The molecule has 0 amide bonds. The first kappa shape index (κ1) is 10.0. The van der Waals surface area contributed by atoms with Gasteiger partial charge in [0.1, 0.15) is 12.1 Å². The third kappa shape index (κ3) is 1.67. The second-order valence-electron chi connectivity index (χ2n) is 4.84. The Morgan fingerprint density at radius 2 is 2.31 bits per heavy atom. The van der Waals surface area contributed by atoms with E-state index in [4.69, 9.17) is 0 Å². The standard InChI is InChI=1S/C12H18N4/c1-9-5-12(15-8-14-9)16-4-2-3-10-6-13-7-11(10)16/h5,8,10-11,13H,2-4,6-7H2,1H3. The highest BCUT2D eigenvalue weighted by Gasteiger charge is 2.35. The minimum absolute atomic E-state index is 0.642. The Labute approximate surface area is 96.1 Å². The van der Waals surface area contributed by atoms with Gasteiger partial charge < -0.3 is 10.2 Å². The normalized spacial score (nSPS) is 29.2. The molecule has 0 saturated carbocycles. The van der Waals surface area contributed by atoms with Crippen LogP contribution in [-0.4, -0.2) is 35.6 Å². The number of aryl methyl sites for hydroxylation is 1. The molecule has 1 aromatic heterocycles. The van der Waals surface area contributed by atoms with E-state index in [0.717, 1.165) is 30.5 Å². The molecule has 1 aromatic rings. The molecule has 0 bridgehead atoms. The lowest BCUT2D eigenvalue weighted by atomic mass is 9.92. The van der Waals surface area contributed by atoms with E-state index in [0.29, 0.717) is 6.04 Å².